The van der Waals surface area contributed by atoms with Crippen molar-refractivity contribution in [3.8, 4) is 6.07 Å². The molecular weight excluding hydrogens is 94.1 g/mol. The average Bonchev–Trinajstić information content (AvgIpc) is 1.65. The van der Waals surface area contributed by atoms with E-state index in [4.69, 9.17) is 5.26 Å². The van der Waals surface area contributed by atoms with Gasteiger partial charge in [0.05, 0.1) is 11.3 Å². The van der Waals surface area contributed by atoms with Crippen molar-refractivity contribution in [3.05, 3.63) is 0 Å². The first-order valence-electron chi connectivity index (χ1n) is 1.89. The molecule has 0 aromatic heterocycles. The van der Waals surface area contributed by atoms with Crippen molar-refractivity contribution in [1.29, 1.82) is 5.26 Å². The number of rotatable bonds is 1. The minimum absolute atomic E-state index is 0.0648. The Hall–Kier alpha value is -0.160. The zero-order valence-electron chi connectivity index (χ0n) is 3.68. The Morgan fingerprint density at radius 1 is 2.00 bits per heavy atom. The fourth-order valence-electron chi connectivity index (χ4n) is 0.0913. The second kappa shape index (κ2) is 3.05. The van der Waals surface area contributed by atoms with Crippen LogP contribution in [0.2, 0.25) is 0 Å². The lowest BCUT2D eigenvalue weighted by Gasteiger charge is -1.86. The number of nitrogens with zero attached hydrogens (tertiary/aromatic N) is 1. The van der Waals surface area contributed by atoms with Crippen LogP contribution in [-0.2, 0) is 0 Å². The molecule has 0 rings (SSSR count). The molecule has 34 valence electrons. The summed E-state index contributed by atoms with van der Waals surface area (Å²) in [7, 11) is 0. The van der Waals surface area contributed by atoms with Gasteiger partial charge in [-0.3, -0.25) is 0 Å². The zero-order chi connectivity index (χ0) is 4.99. The quantitative estimate of drug-likeness (QED) is 0.493. The summed E-state index contributed by atoms with van der Waals surface area (Å²) in [6.07, 6.45) is 0.833. The van der Waals surface area contributed by atoms with Gasteiger partial charge in [-0.15, -0.1) is 0 Å². The predicted octanol–water partition coefficient (Wildman–Crippen LogP) is 1.22. The Morgan fingerprint density at radius 3 is 2.50 bits per heavy atom. The van der Waals surface area contributed by atoms with Crippen molar-refractivity contribution in [1.82, 2.24) is 0 Å². The Bertz CT molecular complexity index is 64.4. The Balaban J connectivity index is 3.04. The molecule has 0 saturated carbocycles. The minimum Gasteiger partial charge on any atom is -0.197 e. The van der Waals surface area contributed by atoms with Gasteiger partial charge >= 0.3 is 0 Å². The van der Waals surface area contributed by atoms with Crippen LogP contribution in [0.4, 0.5) is 0 Å². The van der Waals surface area contributed by atoms with E-state index in [1.807, 2.05) is 13.0 Å². The highest BCUT2D eigenvalue weighted by Crippen LogP contribution is 1.94. The van der Waals surface area contributed by atoms with Crippen LogP contribution >= 0.6 is 12.6 Å². The Kier molecular flexibility index (Phi) is 2.97. The molecule has 1 atom stereocenters. The van der Waals surface area contributed by atoms with E-state index in [2.05, 4.69) is 12.6 Å². The van der Waals surface area contributed by atoms with Crippen molar-refractivity contribution in [2.24, 2.45) is 0 Å². The van der Waals surface area contributed by atoms with Crippen LogP contribution in [0.1, 0.15) is 13.3 Å². The molecule has 0 saturated heterocycles. The summed E-state index contributed by atoms with van der Waals surface area (Å²) in [5.41, 5.74) is 0. The molecule has 0 amide bonds. The van der Waals surface area contributed by atoms with Gasteiger partial charge in [0.15, 0.2) is 0 Å². The van der Waals surface area contributed by atoms with Gasteiger partial charge in [-0.1, -0.05) is 6.92 Å². The highest BCUT2D eigenvalue weighted by Gasteiger charge is 1.89. The Labute approximate surface area is 43.4 Å². The first-order chi connectivity index (χ1) is 2.81. The summed E-state index contributed by atoms with van der Waals surface area (Å²) >= 11 is 3.87. The standard InChI is InChI=1S/C4H7NS/c1-2-4(6)3-5/h4,6H,2H2,1H3/t4-/m1/s1. The average molecular weight is 101 g/mol. The van der Waals surface area contributed by atoms with Gasteiger partial charge in [0.2, 0.25) is 0 Å². The summed E-state index contributed by atoms with van der Waals surface area (Å²) in [5.74, 6) is 0. The van der Waals surface area contributed by atoms with E-state index < -0.39 is 0 Å². The Morgan fingerprint density at radius 2 is 2.50 bits per heavy atom. The molecule has 0 heterocycles. The van der Waals surface area contributed by atoms with E-state index in [0.29, 0.717) is 0 Å². The van der Waals surface area contributed by atoms with Gasteiger partial charge in [0, 0.05) is 0 Å². The maximum atomic E-state index is 8.01. The van der Waals surface area contributed by atoms with Gasteiger partial charge < -0.3 is 0 Å². The first kappa shape index (κ1) is 5.84. The highest BCUT2D eigenvalue weighted by atomic mass is 32.1. The van der Waals surface area contributed by atoms with E-state index in [0.717, 1.165) is 6.42 Å². The van der Waals surface area contributed by atoms with Crippen molar-refractivity contribution in [2.75, 3.05) is 0 Å². The first-order valence-corrected chi connectivity index (χ1v) is 2.40. The number of thiol groups is 1. The molecule has 0 N–H and O–H groups in total. The predicted molar refractivity (Wildman–Crippen MR) is 28.7 cm³/mol. The third-order valence-corrected chi connectivity index (χ3v) is 1.02. The smallest absolute Gasteiger partial charge is 0.0884 e. The largest absolute Gasteiger partial charge is 0.197 e. The van der Waals surface area contributed by atoms with E-state index in [9.17, 15) is 0 Å². The molecule has 0 radical (unpaired) electrons. The topological polar surface area (TPSA) is 23.8 Å². The molecule has 0 aromatic carbocycles. The summed E-state index contributed by atoms with van der Waals surface area (Å²) in [5, 5.41) is 7.94. The molecule has 0 spiro atoms. The molecule has 0 aliphatic heterocycles. The number of hydrogen-bond donors (Lipinski definition) is 1. The normalized spacial score (nSPS) is 12.8. The van der Waals surface area contributed by atoms with Gasteiger partial charge in [0.25, 0.3) is 0 Å². The molecule has 0 aromatic rings. The summed E-state index contributed by atoms with van der Waals surface area (Å²) in [6, 6.07) is 1.98. The van der Waals surface area contributed by atoms with E-state index in [1.165, 1.54) is 0 Å². The fraction of sp³-hybridized carbons (Fsp3) is 0.750. The summed E-state index contributed by atoms with van der Waals surface area (Å²) in [4.78, 5) is 0. The molecule has 0 aliphatic carbocycles. The second-order valence-electron chi connectivity index (χ2n) is 1.05. The van der Waals surface area contributed by atoms with Crippen LogP contribution in [0.3, 0.4) is 0 Å². The van der Waals surface area contributed by atoms with E-state index >= 15 is 0 Å². The molecule has 6 heavy (non-hydrogen) atoms. The summed E-state index contributed by atoms with van der Waals surface area (Å²) < 4.78 is 0. The van der Waals surface area contributed by atoms with Crippen LogP contribution in [0, 0.1) is 11.3 Å². The highest BCUT2D eigenvalue weighted by molar-refractivity contribution is 7.81. The van der Waals surface area contributed by atoms with Crippen LogP contribution in [0.15, 0.2) is 0 Å². The molecule has 0 unspecified atom stereocenters. The molecule has 0 bridgehead atoms. The fourth-order valence-corrected chi connectivity index (χ4v) is 0.0913. The van der Waals surface area contributed by atoms with Gasteiger partial charge in [-0.05, 0) is 6.42 Å². The molecular formula is C4H7NS. The lowest BCUT2D eigenvalue weighted by molar-refractivity contribution is 0.993. The van der Waals surface area contributed by atoms with Crippen molar-refractivity contribution < 1.29 is 0 Å². The van der Waals surface area contributed by atoms with Gasteiger partial charge in [-0.2, -0.15) is 17.9 Å². The molecule has 1 nitrogen and oxygen atoms in total. The van der Waals surface area contributed by atoms with Crippen molar-refractivity contribution >= 4 is 12.6 Å². The van der Waals surface area contributed by atoms with Crippen LogP contribution < -0.4 is 0 Å². The van der Waals surface area contributed by atoms with E-state index in [1.54, 1.807) is 0 Å². The minimum atomic E-state index is -0.0648. The van der Waals surface area contributed by atoms with Crippen LogP contribution in [0.5, 0.6) is 0 Å². The third kappa shape index (κ3) is 2.10. The number of nitriles is 1. The monoisotopic (exact) mass is 101 g/mol. The maximum Gasteiger partial charge on any atom is 0.0884 e. The lowest BCUT2D eigenvalue weighted by Crippen LogP contribution is -1.86. The van der Waals surface area contributed by atoms with Gasteiger partial charge in [0.1, 0.15) is 0 Å². The van der Waals surface area contributed by atoms with Crippen molar-refractivity contribution in [3.63, 3.8) is 0 Å². The maximum absolute atomic E-state index is 8.01. The molecule has 0 aliphatic rings. The SMILES string of the molecule is CC[C@@H](S)C#N. The van der Waals surface area contributed by atoms with E-state index in [-0.39, 0.29) is 5.25 Å². The zero-order valence-corrected chi connectivity index (χ0v) is 4.57. The molecule has 2 heteroatoms. The number of hydrogen-bond acceptors (Lipinski definition) is 2. The summed E-state index contributed by atoms with van der Waals surface area (Å²) in [6.45, 7) is 1.93. The molecule has 0 fully saturated rings. The third-order valence-electron chi connectivity index (χ3n) is 0.536. The van der Waals surface area contributed by atoms with Crippen molar-refractivity contribution in [2.45, 2.75) is 18.6 Å². The van der Waals surface area contributed by atoms with Crippen LogP contribution in [0.25, 0.3) is 0 Å². The second-order valence-corrected chi connectivity index (χ2v) is 1.68. The van der Waals surface area contributed by atoms with Crippen LogP contribution in [-0.4, -0.2) is 5.25 Å². The lowest BCUT2D eigenvalue weighted by atomic mass is 10.4. The van der Waals surface area contributed by atoms with Gasteiger partial charge in [-0.25, -0.2) is 0 Å².